The van der Waals surface area contributed by atoms with Crippen molar-refractivity contribution in [1.29, 1.82) is 0 Å². The van der Waals surface area contributed by atoms with Crippen LogP contribution in [-0.4, -0.2) is 21.3 Å². The van der Waals surface area contributed by atoms with Crippen LogP contribution in [-0.2, 0) is 10.5 Å². The SMILES string of the molecule is CCC(SCc1csc(-c2ccsc2)n1)C(=O)O. The second kappa shape index (κ2) is 6.36. The molecule has 3 nitrogen and oxygen atoms in total. The van der Waals surface area contributed by atoms with Crippen LogP contribution in [0.5, 0.6) is 0 Å². The Morgan fingerprint density at radius 3 is 3.00 bits per heavy atom. The standard InChI is InChI=1S/C12H13NO2S3/c1-2-10(12(14)15)17-6-9-7-18-11(13-9)8-3-4-16-5-8/h3-5,7,10H,2,6H2,1H3,(H,14,15). The highest BCUT2D eigenvalue weighted by Crippen LogP contribution is 2.28. The zero-order chi connectivity index (χ0) is 13.0. The van der Waals surface area contributed by atoms with E-state index < -0.39 is 5.97 Å². The molecule has 2 aromatic rings. The molecule has 0 aromatic carbocycles. The summed E-state index contributed by atoms with van der Waals surface area (Å²) >= 11 is 4.70. The minimum atomic E-state index is -0.740. The number of thioether (sulfide) groups is 1. The van der Waals surface area contributed by atoms with E-state index >= 15 is 0 Å². The van der Waals surface area contributed by atoms with Crippen LogP contribution in [0.15, 0.2) is 22.2 Å². The van der Waals surface area contributed by atoms with E-state index in [1.54, 1.807) is 22.7 Å². The highest BCUT2D eigenvalue weighted by molar-refractivity contribution is 7.99. The molecule has 0 fully saturated rings. The van der Waals surface area contributed by atoms with Gasteiger partial charge in [-0.15, -0.1) is 23.1 Å². The maximum absolute atomic E-state index is 10.9. The average Bonchev–Trinajstić information content (AvgIpc) is 2.99. The topological polar surface area (TPSA) is 50.2 Å². The summed E-state index contributed by atoms with van der Waals surface area (Å²) in [5, 5.41) is 15.8. The lowest BCUT2D eigenvalue weighted by atomic mass is 10.3. The van der Waals surface area contributed by atoms with Crippen molar-refractivity contribution in [2.75, 3.05) is 0 Å². The van der Waals surface area contributed by atoms with E-state index in [2.05, 4.69) is 10.4 Å². The van der Waals surface area contributed by atoms with E-state index in [1.165, 1.54) is 11.8 Å². The van der Waals surface area contributed by atoms with E-state index in [-0.39, 0.29) is 5.25 Å². The zero-order valence-electron chi connectivity index (χ0n) is 9.83. The Hall–Kier alpha value is -0.850. The highest BCUT2D eigenvalue weighted by atomic mass is 32.2. The number of thiophene rings is 1. The molecule has 0 aliphatic heterocycles. The molecule has 18 heavy (non-hydrogen) atoms. The summed E-state index contributed by atoms with van der Waals surface area (Å²) in [6.07, 6.45) is 0.640. The normalized spacial score (nSPS) is 12.5. The Bertz CT molecular complexity index is 507. The molecule has 0 bridgehead atoms. The van der Waals surface area contributed by atoms with Gasteiger partial charge in [0.25, 0.3) is 0 Å². The molecule has 0 saturated carbocycles. The van der Waals surface area contributed by atoms with Crippen molar-refractivity contribution in [2.45, 2.75) is 24.3 Å². The zero-order valence-corrected chi connectivity index (χ0v) is 12.3. The second-order valence-electron chi connectivity index (χ2n) is 3.70. The summed E-state index contributed by atoms with van der Waals surface area (Å²) < 4.78 is 0. The highest BCUT2D eigenvalue weighted by Gasteiger charge is 2.16. The quantitative estimate of drug-likeness (QED) is 0.877. The number of rotatable bonds is 6. The van der Waals surface area contributed by atoms with Crippen molar-refractivity contribution < 1.29 is 9.90 Å². The predicted octanol–water partition coefficient (Wildman–Crippen LogP) is 3.97. The number of carbonyl (C=O) groups is 1. The van der Waals surface area contributed by atoms with Gasteiger partial charge in [0.1, 0.15) is 10.3 Å². The Morgan fingerprint density at radius 2 is 2.39 bits per heavy atom. The van der Waals surface area contributed by atoms with Crippen molar-refractivity contribution in [3.63, 3.8) is 0 Å². The van der Waals surface area contributed by atoms with Crippen LogP contribution >= 0.6 is 34.4 Å². The molecule has 1 atom stereocenters. The smallest absolute Gasteiger partial charge is 0.316 e. The number of hydrogen-bond donors (Lipinski definition) is 1. The van der Waals surface area contributed by atoms with E-state index in [0.29, 0.717) is 12.2 Å². The number of nitrogens with zero attached hydrogens (tertiary/aromatic N) is 1. The monoisotopic (exact) mass is 299 g/mol. The predicted molar refractivity (Wildman–Crippen MR) is 78.4 cm³/mol. The molecule has 1 N–H and O–H groups in total. The number of carboxylic acid groups (broad SMARTS) is 1. The Balaban J connectivity index is 1.97. The summed E-state index contributed by atoms with van der Waals surface area (Å²) in [5.41, 5.74) is 2.11. The fourth-order valence-corrected chi connectivity index (χ4v) is 3.98. The third-order valence-corrected chi connectivity index (χ3v) is 5.42. The maximum atomic E-state index is 10.9. The molecule has 6 heteroatoms. The second-order valence-corrected chi connectivity index (χ2v) is 6.53. The first-order valence-corrected chi connectivity index (χ1v) is 8.39. The lowest BCUT2D eigenvalue weighted by molar-refractivity contribution is -0.136. The number of carboxylic acids is 1. The van der Waals surface area contributed by atoms with Crippen LogP contribution in [0.3, 0.4) is 0 Å². The minimum absolute atomic E-state index is 0.337. The Kier molecular flexibility index (Phi) is 4.79. The lowest BCUT2D eigenvalue weighted by Gasteiger charge is -2.07. The summed E-state index contributed by atoms with van der Waals surface area (Å²) in [4.78, 5) is 15.4. The van der Waals surface area contributed by atoms with Gasteiger partial charge in [-0.2, -0.15) is 11.3 Å². The molecule has 2 heterocycles. The molecule has 0 radical (unpaired) electrons. The molecule has 2 aromatic heterocycles. The van der Waals surface area contributed by atoms with Gasteiger partial charge in [0.2, 0.25) is 0 Å². The van der Waals surface area contributed by atoms with Crippen LogP contribution in [0, 0.1) is 0 Å². The van der Waals surface area contributed by atoms with Gasteiger partial charge in [0.05, 0.1) is 5.69 Å². The van der Waals surface area contributed by atoms with Crippen LogP contribution in [0.25, 0.3) is 10.6 Å². The molecule has 2 rings (SSSR count). The molecule has 0 saturated heterocycles. The first kappa shape index (κ1) is 13.6. The molecule has 96 valence electrons. The van der Waals surface area contributed by atoms with Gasteiger partial charge in [-0.3, -0.25) is 4.79 Å². The van der Waals surface area contributed by atoms with E-state index in [0.717, 1.165) is 16.3 Å². The number of hydrogen-bond acceptors (Lipinski definition) is 5. The van der Waals surface area contributed by atoms with Crippen LogP contribution in [0.2, 0.25) is 0 Å². The molecule has 0 aliphatic carbocycles. The number of thiazole rings is 1. The van der Waals surface area contributed by atoms with Gasteiger partial charge in [-0.25, -0.2) is 4.98 Å². The van der Waals surface area contributed by atoms with Crippen LogP contribution < -0.4 is 0 Å². The van der Waals surface area contributed by atoms with Gasteiger partial charge >= 0.3 is 5.97 Å². The lowest BCUT2D eigenvalue weighted by Crippen LogP contribution is -2.15. The van der Waals surface area contributed by atoms with Crippen LogP contribution in [0.4, 0.5) is 0 Å². The summed E-state index contributed by atoms with van der Waals surface area (Å²) in [6, 6.07) is 2.05. The molecule has 0 spiro atoms. The molecular weight excluding hydrogens is 286 g/mol. The molecule has 1 unspecified atom stereocenters. The van der Waals surface area contributed by atoms with E-state index in [1.807, 2.05) is 23.8 Å². The Morgan fingerprint density at radius 1 is 1.56 bits per heavy atom. The number of aliphatic carboxylic acids is 1. The van der Waals surface area contributed by atoms with E-state index in [4.69, 9.17) is 5.11 Å². The van der Waals surface area contributed by atoms with E-state index in [9.17, 15) is 4.79 Å². The van der Waals surface area contributed by atoms with Crippen molar-refractivity contribution in [3.8, 4) is 10.6 Å². The van der Waals surface area contributed by atoms with Crippen molar-refractivity contribution >= 4 is 40.4 Å². The third kappa shape index (κ3) is 3.34. The van der Waals surface area contributed by atoms with Crippen LogP contribution in [0.1, 0.15) is 19.0 Å². The average molecular weight is 299 g/mol. The fraction of sp³-hybridized carbons (Fsp3) is 0.333. The van der Waals surface area contributed by atoms with Gasteiger partial charge in [0.15, 0.2) is 0 Å². The van der Waals surface area contributed by atoms with Gasteiger partial charge in [0, 0.05) is 22.1 Å². The van der Waals surface area contributed by atoms with Gasteiger partial charge in [-0.1, -0.05) is 6.92 Å². The first-order valence-electron chi connectivity index (χ1n) is 5.52. The van der Waals surface area contributed by atoms with Crippen molar-refractivity contribution in [1.82, 2.24) is 4.98 Å². The maximum Gasteiger partial charge on any atom is 0.316 e. The largest absolute Gasteiger partial charge is 0.480 e. The first-order chi connectivity index (χ1) is 8.70. The van der Waals surface area contributed by atoms with Crippen molar-refractivity contribution in [2.24, 2.45) is 0 Å². The summed E-state index contributed by atoms with van der Waals surface area (Å²) in [5.74, 6) is -0.0818. The summed E-state index contributed by atoms with van der Waals surface area (Å²) in [7, 11) is 0. The van der Waals surface area contributed by atoms with Crippen molar-refractivity contribution in [3.05, 3.63) is 27.9 Å². The number of aromatic nitrogens is 1. The Labute approximate surface area is 118 Å². The molecule has 0 aliphatic rings. The third-order valence-electron chi connectivity index (χ3n) is 2.40. The van der Waals surface area contributed by atoms with Gasteiger partial charge in [-0.05, 0) is 17.9 Å². The molecule has 0 amide bonds. The fourth-order valence-electron chi connectivity index (χ4n) is 1.44. The summed E-state index contributed by atoms with van der Waals surface area (Å²) in [6.45, 7) is 1.89. The minimum Gasteiger partial charge on any atom is -0.480 e. The molecular formula is C12H13NO2S3. The van der Waals surface area contributed by atoms with Gasteiger partial charge < -0.3 is 5.11 Å².